The Labute approximate surface area is 176 Å². The zero-order chi connectivity index (χ0) is 21.3. The molecule has 0 amide bonds. The van der Waals surface area contributed by atoms with Crippen LogP contribution < -0.4 is 4.74 Å². The van der Waals surface area contributed by atoms with E-state index in [1.165, 1.54) is 13.2 Å². The minimum absolute atomic E-state index is 0.0586. The molecule has 0 N–H and O–H groups in total. The van der Waals surface area contributed by atoms with Gasteiger partial charge in [0, 0.05) is 0 Å². The number of sulfone groups is 1. The van der Waals surface area contributed by atoms with Gasteiger partial charge >= 0.3 is 5.97 Å². The predicted molar refractivity (Wildman–Crippen MR) is 112 cm³/mol. The molecule has 4 rings (SSSR count). The van der Waals surface area contributed by atoms with Crippen LogP contribution in [0.2, 0.25) is 0 Å². The lowest BCUT2D eigenvalue weighted by Crippen LogP contribution is -2.26. The highest BCUT2D eigenvalue weighted by molar-refractivity contribution is 7.91. The molecule has 0 aromatic heterocycles. The van der Waals surface area contributed by atoms with Gasteiger partial charge in [-0.05, 0) is 84.5 Å². The molecule has 160 valence electrons. The van der Waals surface area contributed by atoms with E-state index in [0.717, 1.165) is 47.3 Å². The Balaban J connectivity index is 1.56. The molecule has 1 heterocycles. The van der Waals surface area contributed by atoms with Crippen molar-refractivity contribution < 1.29 is 27.1 Å². The maximum Gasteiger partial charge on any atom is 0.340 e. The van der Waals surface area contributed by atoms with Crippen molar-refractivity contribution in [2.75, 3.05) is 25.2 Å². The Hall–Kier alpha value is -2.41. The largest absolute Gasteiger partial charge is 0.493 e. The molecule has 0 saturated carbocycles. The van der Waals surface area contributed by atoms with Crippen molar-refractivity contribution in [2.45, 2.75) is 32.1 Å². The molecule has 1 aliphatic heterocycles. The first-order valence-electron chi connectivity index (χ1n) is 10.2. The van der Waals surface area contributed by atoms with E-state index in [4.69, 9.17) is 9.47 Å². The lowest BCUT2D eigenvalue weighted by atomic mass is 9.94. The number of aryl methyl sites for hydroxylation is 2. The number of esters is 1. The third-order valence-electron chi connectivity index (χ3n) is 6.02. The molecule has 0 unspecified atom stereocenters. The van der Waals surface area contributed by atoms with E-state index >= 15 is 0 Å². The van der Waals surface area contributed by atoms with Crippen molar-refractivity contribution in [3.8, 4) is 16.9 Å². The normalized spacial score (nSPS) is 18.1. The van der Waals surface area contributed by atoms with Crippen LogP contribution in [0.3, 0.4) is 0 Å². The molecular formula is C23H25FO5S. The number of hydrogen-bond acceptors (Lipinski definition) is 5. The summed E-state index contributed by atoms with van der Waals surface area (Å²) in [6, 6.07) is 8.88. The summed E-state index contributed by atoms with van der Waals surface area (Å²) in [5.74, 6) is 0.232. The van der Waals surface area contributed by atoms with Gasteiger partial charge in [0.05, 0.1) is 30.8 Å². The lowest BCUT2D eigenvalue weighted by Gasteiger charge is -2.22. The number of methoxy groups -OCH3 is 1. The zero-order valence-corrected chi connectivity index (χ0v) is 17.8. The molecule has 5 nitrogen and oxygen atoms in total. The highest BCUT2D eigenvalue weighted by Crippen LogP contribution is 2.36. The Morgan fingerprint density at radius 3 is 2.47 bits per heavy atom. The summed E-state index contributed by atoms with van der Waals surface area (Å²) in [6.45, 7) is 0.503. The van der Waals surface area contributed by atoms with Gasteiger partial charge in [0.25, 0.3) is 0 Å². The monoisotopic (exact) mass is 432 g/mol. The third-order valence-corrected chi connectivity index (χ3v) is 7.73. The lowest BCUT2D eigenvalue weighted by molar-refractivity contribution is 0.0595. The second-order valence-electron chi connectivity index (χ2n) is 8.06. The average molecular weight is 433 g/mol. The Kier molecular flexibility index (Phi) is 5.82. The van der Waals surface area contributed by atoms with Gasteiger partial charge in [-0.3, -0.25) is 0 Å². The minimum atomic E-state index is -2.87. The molecule has 7 heteroatoms. The number of carbonyl (C=O) groups is 1. The summed E-state index contributed by atoms with van der Waals surface area (Å²) < 4.78 is 48.2. The molecule has 30 heavy (non-hydrogen) atoms. The second-order valence-corrected chi connectivity index (χ2v) is 10.4. The number of halogens is 1. The SMILES string of the molecule is COC(=O)c1cc2c(cc1F)CCCc1cc(OCC3CCS(=O)(=O)CC3)ccc1-2. The van der Waals surface area contributed by atoms with E-state index in [1.807, 2.05) is 18.2 Å². The molecule has 0 spiro atoms. The molecule has 1 fully saturated rings. The number of fused-ring (bicyclic) bond motifs is 3. The molecule has 0 atom stereocenters. The average Bonchev–Trinajstić information content (AvgIpc) is 2.90. The van der Waals surface area contributed by atoms with Gasteiger partial charge in [-0.15, -0.1) is 0 Å². The van der Waals surface area contributed by atoms with Crippen molar-refractivity contribution >= 4 is 15.8 Å². The molecule has 0 bridgehead atoms. The fourth-order valence-corrected chi connectivity index (χ4v) is 5.85. The molecule has 1 saturated heterocycles. The van der Waals surface area contributed by atoms with Crippen molar-refractivity contribution in [1.82, 2.24) is 0 Å². The van der Waals surface area contributed by atoms with Crippen molar-refractivity contribution in [2.24, 2.45) is 5.92 Å². The van der Waals surface area contributed by atoms with Crippen LogP contribution in [0.15, 0.2) is 30.3 Å². The van der Waals surface area contributed by atoms with Crippen molar-refractivity contribution in [1.29, 1.82) is 0 Å². The van der Waals surface area contributed by atoms with Gasteiger partial charge in [0.2, 0.25) is 0 Å². The minimum Gasteiger partial charge on any atom is -0.493 e. The second kappa shape index (κ2) is 8.38. The van der Waals surface area contributed by atoms with Crippen LogP contribution in [0.4, 0.5) is 4.39 Å². The molecular weight excluding hydrogens is 407 g/mol. The number of carbonyl (C=O) groups excluding carboxylic acids is 1. The predicted octanol–water partition coefficient (Wildman–Crippen LogP) is 3.97. The summed E-state index contributed by atoms with van der Waals surface area (Å²) >= 11 is 0. The first kappa shape index (κ1) is 20.8. The maximum absolute atomic E-state index is 14.4. The maximum atomic E-state index is 14.4. The smallest absolute Gasteiger partial charge is 0.340 e. The summed E-state index contributed by atoms with van der Waals surface area (Å²) in [7, 11) is -1.63. The van der Waals surface area contributed by atoms with Crippen LogP contribution in [0.5, 0.6) is 5.75 Å². The molecule has 0 radical (unpaired) electrons. The Morgan fingerprint density at radius 2 is 1.77 bits per heavy atom. The van der Waals surface area contributed by atoms with E-state index in [-0.39, 0.29) is 23.0 Å². The Morgan fingerprint density at radius 1 is 1.07 bits per heavy atom. The van der Waals surface area contributed by atoms with Gasteiger partial charge in [-0.25, -0.2) is 17.6 Å². The number of hydrogen-bond donors (Lipinski definition) is 0. The molecule has 2 aromatic carbocycles. The van der Waals surface area contributed by atoms with Gasteiger partial charge in [-0.2, -0.15) is 0 Å². The van der Waals surface area contributed by atoms with E-state index in [9.17, 15) is 17.6 Å². The topological polar surface area (TPSA) is 69.7 Å². The van der Waals surface area contributed by atoms with E-state index < -0.39 is 21.6 Å². The van der Waals surface area contributed by atoms with Gasteiger partial charge in [0.1, 0.15) is 21.4 Å². The number of rotatable bonds is 4. The first-order valence-corrected chi connectivity index (χ1v) is 12.1. The van der Waals surface area contributed by atoms with E-state index in [0.29, 0.717) is 19.4 Å². The number of ether oxygens (including phenoxy) is 2. The zero-order valence-electron chi connectivity index (χ0n) is 16.9. The van der Waals surface area contributed by atoms with Crippen LogP contribution in [-0.4, -0.2) is 39.6 Å². The standard InChI is InChI=1S/C23H25FO5S/c1-28-23(25)21-13-20-17(12-22(21)24)4-2-3-16-11-18(5-6-19(16)20)29-14-15-7-9-30(26,27)10-8-15/h5-6,11-13,15H,2-4,7-10,14H2,1H3. The molecule has 1 aliphatic carbocycles. The highest BCUT2D eigenvalue weighted by Gasteiger charge is 2.24. The van der Waals surface area contributed by atoms with Crippen LogP contribution in [0.1, 0.15) is 40.7 Å². The Bertz CT molecular complexity index is 1060. The summed E-state index contributed by atoms with van der Waals surface area (Å²) in [5, 5.41) is 0. The first-order chi connectivity index (χ1) is 14.4. The van der Waals surface area contributed by atoms with Crippen LogP contribution in [-0.2, 0) is 27.4 Å². The van der Waals surface area contributed by atoms with Crippen LogP contribution in [0.25, 0.3) is 11.1 Å². The summed E-state index contributed by atoms with van der Waals surface area (Å²) in [4.78, 5) is 11.9. The van der Waals surface area contributed by atoms with Crippen molar-refractivity contribution in [3.63, 3.8) is 0 Å². The van der Waals surface area contributed by atoms with Crippen LogP contribution in [0, 0.1) is 11.7 Å². The van der Waals surface area contributed by atoms with Gasteiger partial charge < -0.3 is 9.47 Å². The van der Waals surface area contributed by atoms with E-state index in [2.05, 4.69) is 0 Å². The molecule has 2 aliphatic rings. The fraction of sp³-hybridized carbons (Fsp3) is 0.435. The number of benzene rings is 2. The van der Waals surface area contributed by atoms with Gasteiger partial charge in [0.15, 0.2) is 0 Å². The third kappa shape index (κ3) is 4.36. The highest BCUT2D eigenvalue weighted by atomic mass is 32.2. The van der Waals surface area contributed by atoms with Crippen molar-refractivity contribution in [3.05, 3.63) is 52.8 Å². The van der Waals surface area contributed by atoms with Crippen LogP contribution >= 0.6 is 0 Å². The molecule has 2 aromatic rings. The van der Waals surface area contributed by atoms with Gasteiger partial charge in [-0.1, -0.05) is 6.07 Å². The fourth-order valence-electron chi connectivity index (χ4n) is 4.26. The summed E-state index contributed by atoms with van der Waals surface area (Å²) in [5.41, 5.74) is 3.75. The summed E-state index contributed by atoms with van der Waals surface area (Å²) in [6.07, 6.45) is 3.72. The van der Waals surface area contributed by atoms with E-state index in [1.54, 1.807) is 6.07 Å². The quantitative estimate of drug-likeness (QED) is 0.684.